The van der Waals surface area contributed by atoms with Gasteiger partial charge in [-0.15, -0.1) is 0 Å². The Morgan fingerprint density at radius 2 is 1.55 bits per heavy atom. The average molecular weight is 449 g/mol. The molecule has 6 heteroatoms. The second-order valence-corrected chi connectivity index (χ2v) is 9.04. The molecule has 0 aliphatic carbocycles. The predicted molar refractivity (Wildman–Crippen MR) is 129 cm³/mol. The van der Waals surface area contributed by atoms with Gasteiger partial charge in [-0.1, -0.05) is 51.1 Å². The van der Waals surface area contributed by atoms with E-state index in [4.69, 9.17) is 9.47 Å². The number of anilines is 1. The largest absolute Gasteiger partial charge is 0.496 e. The highest BCUT2D eigenvalue weighted by Gasteiger charge is 2.45. The molecule has 33 heavy (non-hydrogen) atoms. The molecule has 4 rings (SSSR count). The Morgan fingerprint density at radius 1 is 0.909 bits per heavy atom. The highest BCUT2D eigenvalue weighted by atomic mass is 16.5. The summed E-state index contributed by atoms with van der Waals surface area (Å²) in [6.07, 6.45) is 1.93. The van der Waals surface area contributed by atoms with Gasteiger partial charge in [0.05, 0.1) is 25.0 Å². The van der Waals surface area contributed by atoms with E-state index < -0.39 is 0 Å². The van der Waals surface area contributed by atoms with Gasteiger partial charge in [0.15, 0.2) is 0 Å². The number of hydrogen-bond donors (Lipinski definition) is 0. The molecule has 6 nitrogen and oxygen atoms in total. The number of carbonyl (C=O) groups excluding carboxylic acids is 2. The van der Waals surface area contributed by atoms with Crippen LogP contribution in [0.2, 0.25) is 0 Å². The lowest BCUT2D eigenvalue weighted by Crippen LogP contribution is -2.42. The summed E-state index contributed by atoms with van der Waals surface area (Å²) in [6.45, 7) is 8.39. The molecular weight excluding hydrogens is 416 g/mol. The van der Waals surface area contributed by atoms with Gasteiger partial charge in [0.25, 0.3) is 11.8 Å². The first-order valence-electron chi connectivity index (χ1n) is 11.7. The van der Waals surface area contributed by atoms with Gasteiger partial charge in [-0.3, -0.25) is 9.59 Å². The summed E-state index contributed by atoms with van der Waals surface area (Å²) in [7, 11) is 1.58. The summed E-state index contributed by atoms with van der Waals surface area (Å²) in [5.74, 6) is 1.30. The summed E-state index contributed by atoms with van der Waals surface area (Å²) in [5, 5.41) is 0. The quantitative estimate of drug-likeness (QED) is 0.573. The average Bonchev–Trinajstić information content (AvgIpc) is 3.06. The van der Waals surface area contributed by atoms with Crippen LogP contribution in [0.4, 0.5) is 5.69 Å². The van der Waals surface area contributed by atoms with Gasteiger partial charge in [0, 0.05) is 18.7 Å². The van der Waals surface area contributed by atoms with Crippen molar-refractivity contribution in [3.8, 4) is 11.5 Å². The van der Waals surface area contributed by atoms with Crippen molar-refractivity contribution in [2.24, 2.45) is 11.8 Å². The van der Waals surface area contributed by atoms with Crippen LogP contribution in [0.15, 0.2) is 54.2 Å². The Morgan fingerprint density at radius 3 is 2.21 bits per heavy atom. The van der Waals surface area contributed by atoms with Gasteiger partial charge in [0.1, 0.15) is 17.2 Å². The molecule has 2 aliphatic rings. The lowest BCUT2D eigenvalue weighted by atomic mass is 9.91. The summed E-state index contributed by atoms with van der Waals surface area (Å²) < 4.78 is 11.5. The van der Waals surface area contributed by atoms with Crippen LogP contribution < -0.4 is 14.4 Å². The van der Waals surface area contributed by atoms with Crippen LogP contribution in [0.25, 0.3) is 5.57 Å². The monoisotopic (exact) mass is 448 g/mol. The lowest BCUT2D eigenvalue weighted by molar-refractivity contribution is -0.121. The molecule has 2 unspecified atom stereocenters. The van der Waals surface area contributed by atoms with Crippen LogP contribution in [0.3, 0.4) is 0 Å². The first-order valence-corrected chi connectivity index (χ1v) is 11.7. The van der Waals surface area contributed by atoms with E-state index in [1.807, 2.05) is 43.3 Å². The number of carbonyl (C=O) groups is 2. The van der Waals surface area contributed by atoms with Crippen molar-refractivity contribution in [3.05, 3.63) is 59.8 Å². The van der Waals surface area contributed by atoms with Crippen molar-refractivity contribution in [1.29, 1.82) is 0 Å². The molecule has 2 atom stereocenters. The molecule has 2 aromatic rings. The Balaban J connectivity index is 1.86. The zero-order valence-electron chi connectivity index (χ0n) is 19.8. The molecule has 1 fully saturated rings. The zero-order chi connectivity index (χ0) is 23.5. The molecule has 2 aromatic carbocycles. The molecule has 0 spiro atoms. The molecule has 174 valence electrons. The molecule has 1 saturated heterocycles. The maximum absolute atomic E-state index is 13.9. The second kappa shape index (κ2) is 9.69. The summed E-state index contributed by atoms with van der Waals surface area (Å²) >= 11 is 0. The summed E-state index contributed by atoms with van der Waals surface area (Å²) in [4.78, 5) is 31.2. The first kappa shape index (κ1) is 22.9. The number of imide groups is 1. The van der Waals surface area contributed by atoms with Crippen molar-refractivity contribution in [2.75, 3.05) is 31.7 Å². The number of amides is 2. The third-order valence-electron chi connectivity index (χ3n) is 6.19. The van der Waals surface area contributed by atoms with Gasteiger partial charge >= 0.3 is 0 Å². The molecule has 0 radical (unpaired) electrons. The third-order valence-corrected chi connectivity index (χ3v) is 6.19. The molecule has 0 aromatic heterocycles. The molecule has 0 saturated carbocycles. The number of piperidine rings is 1. The standard InChI is InChI=1S/C27H32N2O4/c1-5-14-33-23-13-9-7-11-21(23)29-26(30)24(20-10-6-8-12-22(20)32-4)25(27(29)31)28-16-18(2)15-19(3)17-28/h6-13,18-19H,5,14-17H2,1-4H3. The van der Waals surface area contributed by atoms with E-state index in [2.05, 4.69) is 18.7 Å². The van der Waals surface area contributed by atoms with Gasteiger partial charge in [-0.05, 0) is 42.9 Å². The fourth-order valence-electron chi connectivity index (χ4n) is 4.95. The highest BCUT2D eigenvalue weighted by molar-refractivity contribution is 6.46. The maximum atomic E-state index is 13.9. The van der Waals surface area contributed by atoms with Crippen LogP contribution in [-0.4, -0.2) is 43.5 Å². The van der Waals surface area contributed by atoms with E-state index in [0.29, 0.717) is 52.5 Å². The Labute approximate surface area is 195 Å². The minimum absolute atomic E-state index is 0.310. The number of para-hydroxylation sites is 3. The van der Waals surface area contributed by atoms with Crippen molar-refractivity contribution in [3.63, 3.8) is 0 Å². The molecule has 0 N–H and O–H groups in total. The zero-order valence-corrected chi connectivity index (χ0v) is 19.8. The van der Waals surface area contributed by atoms with E-state index in [1.54, 1.807) is 19.2 Å². The first-order chi connectivity index (χ1) is 16.0. The van der Waals surface area contributed by atoms with Gasteiger partial charge in [-0.2, -0.15) is 0 Å². The maximum Gasteiger partial charge on any atom is 0.282 e. The number of likely N-dealkylation sites (tertiary alicyclic amines) is 1. The van der Waals surface area contributed by atoms with Crippen molar-refractivity contribution >= 4 is 23.1 Å². The summed E-state index contributed by atoms with van der Waals surface area (Å²) in [5.41, 5.74) is 1.95. The molecule has 0 bridgehead atoms. The number of nitrogens with zero attached hydrogens (tertiary/aromatic N) is 2. The molecular formula is C27H32N2O4. The number of methoxy groups -OCH3 is 1. The van der Waals surface area contributed by atoms with Crippen LogP contribution in [0.1, 0.15) is 39.2 Å². The minimum atomic E-state index is -0.349. The number of hydrogen-bond acceptors (Lipinski definition) is 5. The molecule has 2 heterocycles. The van der Waals surface area contributed by atoms with Crippen molar-refractivity contribution in [1.82, 2.24) is 4.90 Å². The van der Waals surface area contributed by atoms with Gasteiger partial charge in [0.2, 0.25) is 0 Å². The minimum Gasteiger partial charge on any atom is -0.496 e. The normalized spacial score (nSPS) is 21.1. The smallest absolute Gasteiger partial charge is 0.282 e. The lowest BCUT2D eigenvalue weighted by Gasteiger charge is -2.37. The van der Waals surface area contributed by atoms with Crippen molar-refractivity contribution < 1.29 is 19.1 Å². The topological polar surface area (TPSA) is 59.1 Å². The van der Waals surface area contributed by atoms with Crippen molar-refractivity contribution in [2.45, 2.75) is 33.6 Å². The Hall–Kier alpha value is -3.28. The fraction of sp³-hybridized carbons (Fsp3) is 0.407. The van der Waals surface area contributed by atoms with Crippen LogP contribution in [0, 0.1) is 11.8 Å². The number of rotatable bonds is 7. The second-order valence-electron chi connectivity index (χ2n) is 9.04. The van der Waals surface area contributed by atoms with Crippen LogP contribution >= 0.6 is 0 Å². The Kier molecular flexibility index (Phi) is 6.72. The highest BCUT2D eigenvalue weighted by Crippen LogP contribution is 2.42. The van der Waals surface area contributed by atoms with Crippen LogP contribution in [0.5, 0.6) is 11.5 Å². The SMILES string of the molecule is CCCOc1ccccc1N1C(=O)C(c2ccccc2OC)=C(N2CC(C)CC(C)C2)C1=O. The fourth-order valence-corrected chi connectivity index (χ4v) is 4.95. The van der Waals surface area contributed by atoms with Gasteiger partial charge in [-0.25, -0.2) is 4.90 Å². The van der Waals surface area contributed by atoms with E-state index in [-0.39, 0.29) is 11.8 Å². The van der Waals surface area contributed by atoms with Gasteiger partial charge < -0.3 is 14.4 Å². The van der Waals surface area contributed by atoms with E-state index in [9.17, 15) is 9.59 Å². The van der Waals surface area contributed by atoms with Crippen LogP contribution in [-0.2, 0) is 9.59 Å². The van der Waals surface area contributed by atoms with E-state index >= 15 is 0 Å². The van der Waals surface area contributed by atoms with E-state index in [1.165, 1.54) is 4.90 Å². The Bertz CT molecular complexity index is 1070. The number of ether oxygens (including phenoxy) is 2. The molecule has 2 aliphatic heterocycles. The third kappa shape index (κ3) is 4.34. The van der Waals surface area contributed by atoms with E-state index in [0.717, 1.165) is 25.9 Å². The number of benzene rings is 2. The molecule has 2 amide bonds. The summed E-state index contributed by atoms with van der Waals surface area (Å²) in [6, 6.07) is 14.6. The predicted octanol–water partition coefficient (Wildman–Crippen LogP) is 4.75.